The molecule has 0 spiro atoms. The SMILES string of the molecule is O=C(c1cc(C2CCCCC2)no1)N1CCC[C@@H]1c1cccc(F)c1. The van der Waals surface area contributed by atoms with E-state index < -0.39 is 0 Å². The van der Waals surface area contributed by atoms with Crippen LogP contribution < -0.4 is 0 Å². The fourth-order valence-electron chi connectivity index (χ4n) is 4.19. The zero-order chi connectivity index (χ0) is 17.2. The van der Waals surface area contributed by atoms with E-state index in [9.17, 15) is 9.18 Å². The first kappa shape index (κ1) is 16.3. The molecule has 1 aromatic heterocycles. The molecule has 0 N–H and O–H groups in total. The first-order valence-electron chi connectivity index (χ1n) is 9.25. The maximum Gasteiger partial charge on any atom is 0.292 e. The Balaban J connectivity index is 1.52. The van der Waals surface area contributed by atoms with Gasteiger partial charge in [0.25, 0.3) is 5.91 Å². The molecule has 0 bridgehead atoms. The van der Waals surface area contributed by atoms with Crippen LogP contribution in [-0.4, -0.2) is 22.5 Å². The predicted octanol–water partition coefficient (Wildman–Crippen LogP) is 4.84. The molecule has 4 nitrogen and oxygen atoms in total. The van der Waals surface area contributed by atoms with E-state index in [0.717, 1.165) is 36.9 Å². The molecular formula is C20H23FN2O2. The van der Waals surface area contributed by atoms with Gasteiger partial charge < -0.3 is 9.42 Å². The van der Waals surface area contributed by atoms with Crippen LogP contribution in [-0.2, 0) is 0 Å². The molecule has 1 aliphatic heterocycles. The molecule has 2 heterocycles. The summed E-state index contributed by atoms with van der Waals surface area (Å²) in [5, 5.41) is 4.16. The van der Waals surface area contributed by atoms with E-state index in [1.807, 2.05) is 12.1 Å². The highest BCUT2D eigenvalue weighted by molar-refractivity contribution is 5.92. The van der Waals surface area contributed by atoms with E-state index in [1.165, 1.54) is 31.4 Å². The summed E-state index contributed by atoms with van der Waals surface area (Å²) in [6.07, 6.45) is 7.72. The molecule has 2 aliphatic rings. The summed E-state index contributed by atoms with van der Waals surface area (Å²) in [5.41, 5.74) is 1.75. The molecule has 1 saturated heterocycles. The zero-order valence-corrected chi connectivity index (χ0v) is 14.3. The summed E-state index contributed by atoms with van der Waals surface area (Å²) in [4.78, 5) is 14.7. The van der Waals surface area contributed by atoms with Gasteiger partial charge in [0.2, 0.25) is 5.76 Å². The van der Waals surface area contributed by atoms with Crippen LogP contribution in [0.3, 0.4) is 0 Å². The lowest BCUT2D eigenvalue weighted by Crippen LogP contribution is -2.30. The minimum Gasteiger partial charge on any atom is -0.351 e. The molecule has 1 aromatic carbocycles. The third-order valence-electron chi connectivity index (χ3n) is 5.51. The minimum absolute atomic E-state index is 0.0913. The molecule has 2 aromatic rings. The van der Waals surface area contributed by atoms with Gasteiger partial charge in [-0.15, -0.1) is 0 Å². The van der Waals surface area contributed by atoms with Gasteiger partial charge in [0.05, 0.1) is 11.7 Å². The van der Waals surface area contributed by atoms with E-state index in [1.54, 1.807) is 11.0 Å². The maximum absolute atomic E-state index is 13.5. The number of amides is 1. The van der Waals surface area contributed by atoms with Gasteiger partial charge in [0.15, 0.2) is 0 Å². The number of carbonyl (C=O) groups is 1. The van der Waals surface area contributed by atoms with Gasteiger partial charge >= 0.3 is 0 Å². The molecule has 25 heavy (non-hydrogen) atoms. The van der Waals surface area contributed by atoms with Crippen LogP contribution in [0.5, 0.6) is 0 Å². The number of halogens is 1. The van der Waals surface area contributed by atoms with Crippen molar-refractivity contribution in [2.75, 3.05) is 6.54 Å². The summed E-state index contributed by atoms with van der Waals surface area (Å²) in [7, 11) is 0. The van der Waals surface area contributed by atoms with E-state index in [4.69, 9.17) is 4.52 Å². The van der Waals surface area contributed by atoms with Gasteiger partial charge in [0, 0.05) is 18.5 Å². The number of rotatable bonds is 3. The highest BCUT2D eigenvalue weighted by atomic mass is 19.1. The lowest BCUT2D eigenvalue weighted by atomic mass is 9.87. The van der Waals surface area contributed by atoms with E-state index >= 15 is 0 Å². The Labute approximate surface area is 147 Å². The smallest absolute Gasteiger partial charge is 0.292 e. The third-order valence-corrected chi connectivity index (χ3v) is 5.51. The lowest BCUT2D eigenvalue weighted by molar-refractivity contribution is 0.0693. The van der Waals surface area contributed by atoms with E-state index in [2.05, 4.69) is 5.16 Å². The van der Waals surface area contributed by atoms with Gasteiger partial charge in [-0.25, -0.2) is 4.39 Å². The maximum atomic E-state index is 13.5. The first-order chi connectivity index (χ1) is 12.2. The molecule has 2 fully saturated rings. The van der Waals surface area contributed by atoms with Crippen molar-refractivity contribution in [1.29, 1.82) is 0 Å². The summed E-state index contributed by atoms with van der Waals surface area (Å²) < 4.78 is 18.9. The Morgan fingerprint density at radius 3 is 2.76 bits per heavy atom. The molecule has 132 valence electrons. The van der Waals surface area contributed by atoms with Crippen molar-refractivity contribution in [1.82, 2.24) is 10.1 Å². The molecule has 1 aliphatic carbocycles. The van der Waals surface area contributed by atoms with Crippen LogP contribution in [0.2, 0.25) is 0 Å². The topological polar surface area (TPSA) is 46.3 Å². The zero-order valence-electron chi connectivity index (χ0n) is 14.3. The highest BCUT2D eigenvalue weighted by Gasteiger charge is 2.33. The Bertz CT molecular complexity index is 752. The van der Waals surface area contributed by atoms with E-state index in [0.29, 0.717) is 18.2 Å². The second-order valence-electron chi connectivity index (χ2n) is 7.16. The van der Waals surface area contributed by atoms with Crippen molar-refractivity contribution in [3.8, 4) is 0 Å². The predicted molar refractivity (Wildman–Crippen MR) is 91.7 cm³/mol. The molecular weight excluding hydrogens is 319 g/mol. The van der Waals surface area contributed by atoms with Gasteiger partial charge in [-0.3, -0.25) is 4.79 Å². The summed E-state index contributed by atoms with van der Waals surface area (Å²) in [5.74, 6) is 0.317. The van der Waals surface area contributed by atoms with Crippen LogP contribution in [0.15, 0.2) is 34.9 Å². The molecule has 0 unspecified atom stereocenters. The van der Waals surface area contributed by atoms with Crippen molar-refractivity contribution in [2.24, 2.45) is 0 Å². The molecule has 1 saturated carbocycles. The van der Waals surface area contributed by atoms with Crippen molar-refractivity contribution in [3.05, 3.63) is 53.2 Å². The largest absolute Gasteiger partial charge is 0.351 e. The minimum atomic E-state index is -0.268. The first-order valence-corrected chi connectivity index (χ1v) is 9.25. The molecule has 4 rings (SSSR count). The normalized spacial score (nSPS) is 21.6. The van der Waals surface area contributed by atoms with Crippen molar-refractivity contribution in [2.45, 2.75) is 56.9 Å². The Morgan fingerprint density at radius 2 is 1.96 bits per heavy atom. The Kier molecular flexibility index (Phi) is 4.55. The number of hydrogen-bond acceptors (Lipinski definition) is 3. The van der Waals surface area contributed by atoms with Crippen LogP contribution in [0, 0.1) is 5.82 Å². The van der Waals surface area contributed by atoms with Crippen molar-refractivity contribution < 1.29 is 13.7 Å². The number of carbonyl (C=O) groups excluding carboxylic acids is 1. The van der Waals surface area contributed by atoms with Gasteiger partial charge in [0.1, 0.15) is 5.82 Å². The molecule has 1 amide bonds. The number of aromatic nitrogens is 1. The number of likely N-dealkylation sites (tertiary alicyclic amines) is 1. The van der Waals surface area contributed by atoms with Crippen molar-refractivity contribution in [3.63, 3.8) is 0 Å². The van der Waals surface area contributed by atoms with Crippen molar-refractivity contribution >= 4 is 5.91 Å². The Morgan fingerprint density at radius 1 is 1.12 bits per heavy atom. The van der Waals surface area contributed by atoms with Gasteiger partial charge in [-0.05, 0) is 43.4 Å². The molecule has 1 atom stereocenters. The summed E-state index contributed by atoms with van der Waals surface area (Å²) >= 11 is 0. The molecule has 5 heteroatoms. The highest BCUT2D eigenvalue weighted by Crippen LogP contribution is 2.35. The standard InChI is InChI=1S/C20H23FN2O2/c21-16-9-4-8-15(12-16)18-10-5-11-23(18)20(24)19-13-17(22-25-19)14-6-2-1-3-7-14/h4,8-9,12-14,18H,1-3,5-7,10-11H2/t18-/m1/s1. The van der Waals surface area contributed by atoms with Gasteiger partial charge in [-0.2, -0.15) is 0 Å². The Hall–Kier alpha value is -2.17. The number of hydrogen-bond donors (Lipinski definition) is 0. The average Bonchev–Trinajstić information content (AvgIpc) is 3.32. The third kappa shape index (κ3) is 3.32. The average molecular weight is 342 g/mol. The second kappa shape index (κ2) is 6.98. The number of benzene rings is 1. The van der Waals surface area contributed by atoms with E-state index in [-0.39, 0.29) is 17.8 Å². The quantitative estimate of drug-likeness (QED) is 0.802. The van der Waals surface area contributed by atoms with Crippen LogP contribution in [0.4, 0.5) is 4.39 Å². The van der Waals surface area contributed by atoms with Crippen LogP contribution >= 0.6 is 0 Å². The second-order valence-corrected chi connectivity index (χ2v) is 7.16. The summed E-state index contributed by atoms with van der Waals surface area (Å²) in [6.45, 7) is 0.666. The number of nitrogens with zero attached hydrogens (tertiary/aromatic N) is 2. The fourth-order valence-corrected chi connectivity index (χ4v) is 4.19. The monoisotopic (exact) mass is 342 g/mol. The lowest BCUT2D eigenvalue weighted by Gasteiger charge is -2.24. The van der Waals surface area contributed by atoms with Crippen LogP contribution in [0.25, 0.3) is 0 Å². The summed E-state index contributed by atoms with van der Waals surface area (Å²) in [6, 6.07) is 8.25. The van der Waals surface area contributed by atoms with Crippen LogP contribution in [0.1, 0.15) is 78.7 Å². The molecule has 0 radical (unpaired) electrons. The fraction of sp³-hybridized carbons (Fsp3) is 0.500. The van der Waals surface area contributed by atoms with Gasteiger partial charge in [-0.1, -0.05) is 36.6 Å².